The number of hydrogen-bond donors (Lipinski definition) is 0. The quantitative estimate of drug-likeness (QED) is 0.795. The van der Waals surface area contributed by atoms with Crippen molar-refractivity contribution in [2.45, 2.75) is 38.0 Å². The van der Waals surface area contributed by atoms with E-state index in [2.05, 4.69) is 10.1 Å². The van der Waals surface area contributed by atoms with Gasteiger partial charge in [0.25, 0.3) is 0 Å². The SMILES string of the molecule is COc1ccc(Cn2nc3n(c2=O)[C@H](C(=O)N2CC(F)C2)CCC3)cn1. The minimum atomic E-state index is -0.955. The molecule has 1 fully saturated rings. The summed E-state index contributed by atoms with van der Waals surface area (Å²) in [6, 6.07) is 2.96. The first-order chi connectivity index (χ1) is 12.6. The van der Waals surface area contributed by atoms with Crippen molar-refractivity contribution >= 4 is 5.91 Å². The molecular formula is C17H20FN5O3. The van der Waals surface area contributed by atoms with Gasteiger partial charge in [0.1, 0.15) is 18.0 Å². The van der Waals surface area contributed by atoms with E-state index in [-0.39, 0.29) is 31.2 Å². The minimum absolute atomic E-state index is 0.116. The predicted octanol–water partition coefficient (Wildman–Crippen LogP) is 0.554. The Labute approximate surface area is 149 Å². The molecule has 0 aromatic carbocycles. The van der Waals surface area contributed by atoms with Gasteiger partial charge in [-0.15, -0.1) is 0 Å². The molecule has 0 unspecified atom stereocenters. The number of nitrogens with zero attached hydrogens (tertiary/aromatic N) is 5. The Morgan fingerprint density at radius 3 is 2.85 bits per heavy atom. The average Bonchev–Trinajstić information content (AvgIpc) is 2.95. The van der Waals surface area contributed by atoms with Gasteiger partial charge in [0.15, 0.2) is 0 Å². The van der Waals surface area contributed by atoms with Gasteiger partial charge in [-0.25, -0.2) is 18.9 Å². The van der Waals surface area contributed by atoms with Crippen LogP contribution in [0.2, 0.25) is 0 Å². The Balaban J connectivity index is 1.59. The first-order valence-corrected chi connectivity index (χ1v) is 8.67. The molecule has 1 saturated heterocycles. The Hall–Kier alpha value is -2.71. The molecule has 0 N–H and O–H groups in total. The maximum Gasteiger partial charge on any atom is 0.346 e. The highest BCUT2D eigenvalue weighted by Crippen LogP contribution is 2.26. The second kappa shape index (κ2) is 6.54. The Kier molecular flexibility index (Phi) is 4.21. The number of fused-ring (bicyclic) bond motifs is 1. The molecule has 138 valence electrons. The second-order valence-electron chi connectivity index (χ2n) is 6.68. The van der Waals surface area contributed by atoms with E-state index in [0.717, 1.165) is 12.0 Å². The first-order valence-electron chi connectivity index (χ1n) is 8.67. The lowest BCUT2D eigenvalue weighted by Crippen LogP contribution is -2.54. The zero-order valence-corrected chi connectivity index (χ0v) is 14.5. The molecule has 1 amide bonds. The largest absolute Gasteiger partial charge is 0.481 e. The molecule has 8 nitrogen and oxygen atoms in total. The molecule has 0 radical (unpaired) electrons. The molecule has 2 aromatic rings. The van der Waals surface area contributed by atoms with Gasteiger partial charge in [-0.1, -0.05) is 6.07 Å². The number of aromatic nitrogens is 4. The third-order valence-electron chi connectivity index (χ3n) is 4.90. The van der Waals surface area contributed by atoms with Gasteiger partial charge in [0.2, 0.25) is 11.8 Å². The molecule has 9 heteroatoms. The normalized spacial score (nSPS) is 19.8. The van der Waals surface area contributed by atoms with Gasteiger partial charge < -0.3 is 9.64 Å². The number of halogens is 1. The average molecular weight is 361 g/mol. The van der Waals surface area contributed by atoms with Gasteiger partial charge in [-0.05, 0) is 18.4 Å². The van der Waals surface area contributed by atoms with Crippen molar-refractivity contribution in [3.63, 3.8) is 0 Å². The standard InChI is InChI=1S/C17H20FN5O3/c1-26-15-6-5-11(7-19-15)8-22-17(25)23-13(3-2-4-14(23)20-22)16(24)21-9-12(18)10-21/h5-7,12-13H,2-4,8-10H2,1H3/t13-/m0/s1. The number of ether oxygens (including phenoxy) is 1. The lowest BCUT2D eigenvalue weighted by Gasteiger charge is -2.37. The summed E-state index contributed by atoms with van der Waals surface area (Å²) >= 11 is 0. The third-order valence-corrected chi connectivity index (χ3v) is 4.90. The highest BCUT2D eigenvalue weighted by molar-refractivity contribution is 5.81. The monoisotopic (exact) mass is 361 g/mol. The number of aryl methyl sites for hydroxylation is 1. The van der Waals surface area contributed by atoms with Crippen molar-refractivity contribution in [2.24, 2.45) is 0 Å². The number of methoxy groups -OCH3 is 1. The van der Waals surface area contributed by atoms with Crippen molar-refractivity contribution in [3.05, 3.63) is 40.2 Å². The molecule has 1 atom stereocenters. The molecule has 2 aliphatic rings. The molecule has 4 rings (SSSR count). The zero-order chi connectivity index (χ0) is 18.3. The number of carbonyl (C=O) groups is 1. The van der Waals surface area contributed by atoms with Crippen LogP contribution in [0.5, 0.6) is 5.88 Å². The summed E-state index contributed by atoms with van der Waals surface area (Å²) in [5.74, 6) is 0.919. The van der Waals surface area contributed by atoms with E-state index in [0.29, 0.717) is 24.5 Å². The minimum Gasteiger partial charge on any atom is -0.481 e. The highest BCUT2D eigenvalue weighted by atomic mass is 19.1. The van der Waals surface area contributed by atoms with Gasteiger partial charge in [0, 0.05) is 18.7 Å². The number of likely N-dealkylation sites (tertiary alicyclic amines) is 1. The molecule has 0 aliphatic carbocycles. The van der Waals surface area contributed by atoms with E-state index >= 15 is 0 Å². The van der Waals surface area contributed by atoms with Gasteiger partial charge >= 0.3 is 5.69 Å². The summed E-state index contributed by atoms with van der Waals surface area (Å²) < 4.78 is 20.9. The summed E-state index contributed by atoms with van der Waals surface area (Å²) in [7, 11) is 1.54. The summed E-state index contributed by atoms with van der Waals surface area (Å²) in [5.41, 5.74) is 0.500. The van der Waals surface area contributed by atoms with Crippen LogP contribution in [0.25, 0.3) is 0 Å². The lowest BCUT2D eigenvalue weighted by atomic mass is 10.0. The van der Waals surface area contributed by atoms with Crippen LogP contribution >= 0.6 is 0 Å². The van der Waals surface area contributed by atoms with Gasteiger partial charge in [-0.2, -0.15) is 5.10 Å². The van der Waals surface area contributed by atoms with Crippen LogP contribution in [0.4, 0.5) is 4.39 Å². The van der Waals surface area contributed by atoms with E-state index in [1.165, 1.54) is 21.3 Å². The van der Waals surface area contributed by atoms with E-state index < -0.39 is 12.2 Å². The zero-order valence-electron chi connectivity index (χ0n) is 14.5. The van der Waals surface area contributed by atoms with E-state index in [9.17, 15) is 14.0 Å². The van der Waals surface area contributed by atoms with Crippen molar-refractivity contribution in [3.8, 4) is 5.88 Å². The lowest BCUT2D eigenvalue weighted by molar-refractivity contribution is -0.142. The number of amides is 1. The van der Waals surface area contributed by atoms with Crippen molar-refractivity contribution in [2.75, 3.05) is 20.2 Å². The molecule has 2 aromatic heterocycles. The molecule has 4 heterocycles. The van der Waals surface area contributed by atoms with E-state index in [1.54, 1.807) is 12.3 Å². The van der Waals surface area contributed by atoms with Gasteiger partial charge in [0.05, 0.1) is 26.7 Å². The molecule has 0 saturated carbocycles. The fourth-order valence-corrected chi connectivity index (χ4v) is 3.48. The first kappa shape index (κ1) is 16.7. The number of rotatable bonds is 4. The Bertz CT molecular complexity index is 870. The summed E-state index contributed by atoms with van der Waals surface area (Å²) in [6.07, 6.45) is 2.69. The summed E-state index contributed by atoms with van der Waals surface area (Å²) in [5, 5.41) is 4.40. The topological polar surface area (TPSA) is 82.2 Å². The van der Waals surface area contributed by atoms with Crippen molar-refractivity contribution in [1.82, 2.24) is 24.2 Å². The highest BCUT2D eigenvalue weighted by Gasteiger charge is 2.38. The fraction of sp³-hybridized carbons (Fsp3) is 0.529. The Morgan fingerprint density at radius 2 is 2.19 bits per heavy atom. The van der Waals surface area contributed by atoms with Crippen LogP contribution in [0.1, 0.15) is 30.3 Å². The van der Waals surface area contributed by atoms with Crippen LogP contribution in [-0.4, -0.2) is 56.5 Å². The van der Waals surface area contributed by atoms with Crippen LogP contribution in [0.15, 0.2) is 23.1 Å². The Morgan fingerprint density at radius 1 is 1.38 bits per heavy atom. The van der Waals surface area contributed by atoms with Crippen LogP contribution in [0, 0.1) is 0 Å². The van der Waals surface area contributed by atoms with E-state index in [1.807, 2.05) is 6.07 Å². The summed E-state index contributed by atoms with van der Waals surface area (Å²) in [6.45, 7) is 0.503. The smallest absolute Gasteiger partial charge is 0.346 e. The van der Waals surface area contributed by atoms with Crippen molar-refractivity contribution in [1.29, 1.82) is 0 Å². The number of alkyl halides is 1. The molecule has 0 bridgehead atoms. The molecule has 0 spiro atoms. The van der Waals surface area contributed by atoms with Gasteiger partial charge in [-0.3, -0.25) is 9.36 Å². The maximum absolute atomic E-state index is 13.1. The van der Waals surface area contributed by atoms with Crippen LogP contribution < -0.4 is 10.4 Å². The maximum atomic E-state index is 13.1. The molecule has 26 heavy (non-hydrogen) atoms. The third kappa shape index (κ3) is 2.87. The van der Waals surface area contributed by atoms with Crippen LogP contribution in [-0.2, 0) is 17.8 Å². The number of carbonyl (C=O) groups excluding carboxylic acids is 1. The fourth-order valence-electron chi connectivity index (χ4n) is 3.48. The predicted molar refractivity (Wildman–Crippen MR) is 89.8 cm³/mol. The number of hydrogen-bond acceptors (Lipinski definition) is 5. The molecule has 2 aliphatic heterocycles. The summed E-state index contributed by atoms with van der Waals surface area (Å²) in [4.78, 5) is 31.0. The molecular weight excluding hydrogens is 341 g/mol. The van der Waals surface area contributed by atoms with Crippen molar-refractivity contribution < 1.29 is 13.9 Å². The second-order valence-corrected chi connectivity index (χ2v) is 6.68. The van der Waals surface area contributed by atoms with Crippen LogP contribution in [0.3, 0.4) is 0 Å². The van der Waals surface area contributed by atoms with E-state index in [4.69, 9.17) is 4.74 Å². The number of pyridine rings is 1.